The highest BCUT2D eigenvalue weighted by molar-refractivity contribution is 5.76. The van der Waals surface area contributed by atoms with Crippen molar-refractivity contribution in [2.75, 3.05) is 0 Å². The molecule has 23 heavy (non-hydrogen) atoms. The number of aromatic nitrogens is 1. The van der Waals surface area contributed by atoms with E-state index in [4.69, 9.17) is 0 Å². The van der Waals surface area contributed by atoms with E-state index < -0.39 is 0 Å². The second-order valence-corrected chi connectivity index (χ2v) is 7.33. The van der Waals surface area contributed by atoms with E-state index in [2.05, 4.69) is 61.4 Å². The molecule has 0 unspecified atom stereocenters. The van der Waals surface area contributed by atoms with E-state index >= 15 is 0 Å². The fourth-order valence-electron chi connectivity index (χ4n) is 2.68. The maximum atomic E-state index is 12.0. The van der Waals surface area contributed by atoms with Crippen LogP contribution in [0.25, 0.3) is 0 Å². The van der Waals surface area contributed by atoms with Gasteiger partial charge in [0.15, 0.2) is 0 Å². The number of amides is 1. The first kappa shape index (κ1) is 17.3. The normalized spacial score (nSPS) is 11.5. The average Bonchev–Trinajstić information content (AvgIpc) is 2.80. The van der Waals surface area contributed by atoms with Gasteiger partial charge in [0, 0.05) is 24.4 Å². The molecule has 0 aliphatic carbocycles. The number of hydrogen-bond donors (Lipinski definition) is 2. The average molecular weight is 312 g/mol. The number of aryl methyl sites for hydroxylation is 3. The molecule has 1 amide bonds. The summed E-state index contributed by atoms with van der Waals surface area (Å²) in [6, 6.07) is 10.7. The van der Waals surface area contributed by atoms with Crippen LogP contribution in [-0.4, -0.2) is 10.9 Å². The van der Waals surface area contributed by atoms with Gasteiger partial charge in [-0.15, -0.1) is 0 Å². The smallest absolute Gasteiger partial charge is 0.220 e. The number of carbonyl (C=O) groups excluding carboxylic acids is 1. The number of aromatic amines is 1. The molecule has 0 radical (unpaired) electrons. The summed E-state index contributed by atoms with van der Waals surface area (Å²) in [5.41, 5.74) is 6.12. The second kappa shape index (κ2) is 7.03. The molecule has 0 saturated heterocycles. The first-order valence-electron chi connectivity index (χ1n) is 8.27. The molecule has 0 saturated carbocycles. The molecule has 0 fully saturated rings. The molecule has 2 rings (SSSR count). The lowest BCUT2D eigenvalue weighted by molar-refractivity contribution is -0.121. The van der Waals surface area contributed by atoms with Gasteiger partial charge in [-0.05, 0) is 48.4 Å². The van der Waals surface area contributed by atoms with Crippen molar-refractivity contribution in [3.63, 3.8) is 0 Å². The van der Waals surface area contributed by atoms with Gasteiger partial charge in [0.1, 0.15) is 0 Å². The summed E-state index contributed by atoms with van der Waals surface area (Å²) in [6.07, 6.45) is 1.30. The van der Waals surface area contributed by atoms with Crippen molar-refractivity contribution in [2.45, 2.75) is 59.4 Å². The third-order valence-corrected chi connectivity index (χ3v) is 4.19. The van der Waals surface area contributed by atoms with E-state index in [-0.39, 0.29) is 11.3 Å². The highest BCUT2D eigenvalue weighted by Crippen LogP contribution is 2.22. The SMILES string of the molecule is Cc1cc(CNC(=O)CCc2ccc(C(C)(C)C)cc2)c(C)[nH]1. The van der Waals surface area contributed by atoms with Crippen molar-refractivity contribution in [1.29, 1.82) is 0 Å². The molecule has 0 bridgehead atoms. The monoisotopic (exact) mass is 312 g/mol. The fraction of sp³-hybridized carbons (Fsp3) is 0.450. The number of H-pyrrole nitrogens is 1. The van der Waals surface area contributed by atoms with Crippen LogP contribution in [-0.2, 0) is 23.2 Å². The quantitative estimate of drug-likeness (QED) is 0.855. The van der Waals surface area contributed by atoms with Crippen molar-refractivity contribution >= 4 is 5.91 Å². The summed E-state index contributed by atoms with van der Waals surface area (Å²) in [6.45, 7) is 11.3. The van der Waals surface area contributed by atoms with Crippen LogP contribution in [0.15, 0.2) is 30.3 Å². The Hall–Kier alpha value is -2.03. The molecule has 0 atom stereocenters. The largest absolute Gasteiger partial charge is 0.362 e. The third-order valence-electron chi connectivity index (χ3n) is 4.19. The Morgan fingerprint density at radius 2 is 1.78 bits per heavy atom. The predicted octanol–water partition coefficient (Wildman–Crippen LogP) is 4.18. The van der Waals surface area contributed by atoms with E-state index in [1.54, 1.807) is 0 Å². The van der Waals surface area contributed by atoms with Crippen molar-refractivity contribution in [3.8, 4) is 0 Å². The lowest BCUT2D eigenvalue weighted by atomic mass is 9.86. The third kappa shape index (κ3) is 4.98. The van der Waals surface area contributed by atoms with Gasteiger partial charge >= 0.3 is 0 Å². The van der Waals surface area contributed by atoms with Gasteiger partial charge in [-0.1, -0.05) is 45.0 Å². The number of rotatable bonds is 5. The van der Waals surface area contributed by atoms with Crippen LogP contribution in [0.4, 0.5) is 0 Å². The minimum absolute atomic E-state index is 0.100. The van der Waals surface area contributed by atoms with Crippen molar-refractivity contribution < 1.29 is 4.79 Å². The van der Waals surface area contributed by atoms with Crippen molar-refractivity contribution in [2.24, 2.45) is 0 Å². The van der Waals surface area contributed by atoms with E-state index in [1.165, 1.54) is 11.1 Å². The molecule has 1 aromatic heterocycles. The number of hydrogen-bond acceptors (Lipinski definition) is 1. The fourth-order valence-corrected chi connectivity index (χ4v) is 2.68. The Morgan fingerprint density at radius 3 is 2.30 bits per heavy atom. The minimum Gasteiger partial charge on any atom is -0.362 e. The summed E-state index contributed by atoms with van der Waals surface area (Å²) in [5, 5.41) is 3.00. The Kier molecular flexibility index (Phi) is 5.30. The maximum Gasteiger partial charge on any atom is 0.220 e. The summed E-state index contributed by atoms with van der Waals surface area (Å²) >= 11 is 0. The lowest BCUT2D eigenvalue weighted by Gasteiger charge is -2.19. The van der Waals surface area contributed by atoms with Crippen LogP contribution in [0.3, 0.4) is 0 Å². The Morgan fingerprint density at radius 1 is 1.13 bits per heavy atom. The van der Waals surface area contributed by atoms with E-state index in [0.717, 1.165) is 23.4 Å². The van der Waals surface area contributed by atoms with Crippen LogP contribution < -0.4 is 5.32 Å². The highest BCUT2D eigenvalue weighted by atomic mass is 16.1. The Bertz CT molecular complexity index is 660. The standard InChI is InChI=1S/C20H28N2O/c1-14-12-17(15(2)22-14)13-21-19(23)11-8-16-6-9-18(10-7-16)20(3,4)5/h6-7,9-10,12,22H,8,11,13H2,1-5H3,(H,21,23). The summed E-state index contributed by atoms with van der Waals surface area (Å²) < 4.78 is 0. The first-order chi connectivity index (χ1) is 10.8. The molecule has 124 valence electrons. The molecule has 0 aliphatic rings. The highest BCUT2D eigenvalue weighted by Gasteiger charge is 2.13. The number of benzene rings is 1. The zero-order valence-electron chi connectivity index (χ0n) is 14.9. The van der Waals surface area contributed by atoms with E-state index in [0.29, 0.717) is 13.0 Å². The summed E-state index contributed by atoms with van der Waals surface area (Å²) in [5.74, 6) is 0.100. The molecule has 2 aromatic rings. The molecule has 0 spiro atoms. The van der Waals surface area contributed by atoms with Gasteiger partial charge in [0.25, 0.3) is 0 Å². The predicted molar refractivity (Wildman–Crippen MR) is 95.6 cm³/mol. The van der Waals surface area contributed by atoms with Crippen LogP contribution in [0.1, 0.15) is 55.3 Å². The molecule has 3 heteroatoms. The molecule has 1 aromatic carbocycles. The maximum absolute atomic E-state index is 12.0. The van der Waals surface area contributed by atoms with Gasteiger partial charge in [0.05, 0.1) is 0 Å². The summed E-state index contributed by atoms with van der Waals surface area (Å²) in [7, 11) is 0. The van der Waals surface area contributed by atoms with Gasteiger partial charge in [0.2, 0.25) is 5.91 Å². The number of nitrogens with one attached hydrogen (secondary N) is 2. The Balaban J connectivity index is 1.81. The topological polar surface area (TPSA) is 44.9 Å². The molecule has 3 nitrogen and oxygen atoms in total. The molecule has 0 aliphatic heterocycles. The zero-order valence-corrected chi connectivity index (χ0v) is 14.9. The van der Waals surface area contributed by atoms with Crippen molar-refractivity contribution in [3.05, 3.63) is 58.4 Å². The number of carbonyl (C=O) groups is 1. The first-order valence-corrected chi connectivity index (χ1v) is 8.27. The van der Waals surface area contributed by atoms with Crippen LogP contribution in [0.2, 0.25) is 0 Å². The molecular formula is C20H28N2O. The van der Waals surface area contributed by atoms with Gasteiger partial charge in [-0.2, -0.15) is 0 Å². The molecule has 2 N–H and O–H groups in total. The van der Waals surface area contributed by atoms with Gasteiger partial charge < -0.3 is 10.3 Å². The lowest BCUT2D eigenvalue weighted by Crippen LogP contribution is -2.23. The molecular weight excluding hydrogens is 284 g/mol. The molecule has 1 heterocycles. The van der Waals surface area contributed by atoms with Crippen LogP contribution >= 0.6 is 0 Å². The van der Waals surface area contributed by atoms with Crippen LogP contribution in [0, 0.1) is 13.8 Å². The van der Waals surface area contributed by atoms with E-state index in [1.807, 2.05) is 13.8 Å². The van der Waals surface area contributed by atoms with Crippen molar-refractivity contribution in [1.82, 2.24) is 10.3 Å². The van der Waals surface area contributed by atoms with Gasteiger partial charge in [-0.3, -0.25) is 4.79 Å². The second-order valence-electron chi connectivity index (χ2n) is 7.33. The zero-order chi connectivity index (χ0) is 17.0. The minimum atomic E-state index is 0.100. The van der Waals surface area contributed by atoms with Gasteiger partial charge in [-0.25, -0.2) is 0 Å². The Labute approximate surface area is 139 Å². The van der Waals surface area contributed by atoms with E-state index in [9.17, 15) is 4.79 Å². The van der Waals surface area contributed by atoms with Crippen LogP contribution in [0.5, 0.6) is 0 Å². The summed E-state index contributed by atoms with van der Waals surface area (Å²) in [4.78, 5) is 15.3.